The molecule has 4 rings (SSSR count). The average molecular weight is 476 g/mol. The zero-order valence-corrected chi connectivity index (χ0v) is 19.5. The number of carbonyl (C=O) groups is 1. The number of aromatic nitrogens is 1. The molecule has 0 bridgehead atoms. The monoisotopic (exact) mass is 475 g/mol. The third-order valence-corrected chi connectivity index (χ3v) is 6.45. The van der Waals surface area contributed by atoms with E-state index in [1.807, 2.05) is 60.1 Å². The lowest BCUT2D eigenvalue weighted by Crippen LogP contribution is -2.14. The molecule has 4 aromatic rings. The normalized spacial score (nSPS) is 11.3. The third-order valence-electron chi connectivity index (χ3n) is 5.27. The zero-order chi connectivity index (χ0) is 24.2. The van der Waals surface area contributed by atoms with Crippen LogP contribution in [0.5, 0.6) is 11.5 Å². The number of nitro groups is 1. The minimum absolute atomic E-state index is 0.0817. The number of carbonyl (C=O) groups excluding carboxylic acids is 1. The van der Waals surface area contributed by atoms with Crippen LogP contribution in [0.2, 0.25) is 0 Å². The first-order valence-electron chi connectivity index (χ1n) is 10.2. The van der Waals surface area contributed by atoms with Crippen molar-refractivity contribution in [3.05, 3.63) is 93.3 Å². The maximum atomic E-state index is 12.8. The molecule has 3 aromatic carbocycles. The van der Waals surface area contributed by atoms with E-state index >= 15 is 0 Å². The van der Waals surface area contributed by atoms with Crippen molar-refractivity contribution < 1.29 is 19.2 Å². The summed E-state index contributed by atoms with van der Waals surface area (Å²) in [7, 11) is 5.08. The van der Waals surface area contributed by atoms with Gasteiger partial charge in [-0.2, -0.15) is 4.99 Å². The Balaban J connectivity index is 1.83. The molecule has 0 radical (unpaired) electrons. The van der Waals surface area contributed by atoms with Crippen molar-refractivity contribution in [2.75, 3.05) is 14.2 Å². The molecular formula is C25H21N3O5S. The first-order chi connectivity index (χ1) is 16.4. The summed E-state index contributed by atoms with van der Waals surface area (Å²) in [6.45, 7) is 0. The van der Waals surface area contributed by atoms with E-state index in [-0.39, 0.29) is 11.3 Å². The Kier molecular flexibility index (Phi) is 6.55. The van der Waals surface area contributed by atoms with Crippen molar-refractivity contribution >= 4 is 22.9 Å². The van der Waals surface area contributed by atoms with Crippen LogP contribution in [0.4, 0.5) is 5.69 Å². The number of nitrogens with zero attached hydrogens (tertiary/aromatic N) is 3. The van der Waals surface area contributed by atoms with Crippen LogP contribution in [0.25, 0.3) is 21.7 Å². The first kappa shape index (κ1) is 22.9. The molecule has 0 atom stereocenters. The van der Waals surface area contributed by atoms with E-state index in [1.54, 1.807) is 14.2 Å². The number of hydrogen-bond acceptors (Lipinski definition) is 6. The zero-order valence-electron chi connectivity index (χ0n) is 18.7. The Labute approximate surface area is 199 Å². The van der Waals surface area contributed by atoms with E-state index in [1.165, 1.54) is 35.6 Å². The molecule has 8 nitrogen and oxygen atoms in total. The Hall–Kier alpha value is -4.24. The van der Waals surface area contributed by atoms with Gasteiger partial charge < -0.3 is 14.0 Å². The standard InChI is InChI=1S/C25H21N3O5S/c1-27-22(16-6-12-20(32-2)13-7-16)23(17-8-14-21(33-3)15-9-17)34-25(27)26-24(29)18-4-10-19(11-5-18)28(30)31/h4-15H,1-3H3. The molecule has 1 heterocycles. The van der Waals surface area contributed by atoms with Gasteiger partial charge in [0, 0.05) is 24.7 Å². The highest BCUT2D eigenvalue weighted by Gasteiger charge is 2.17. The highest BCUT2D eigenvalue weighted by molar-refractivity contribution is 7.13. The SMILES string of the molecule is COc1ccc(-c2sc(=NC(=O)c3ccc([N+](=O)[O-])cc3)n(C)c2-c2ccc(OC)cc2)cc1. The van der Waals surface area contributed by atoms with Crippen molar-refractivity contribution in [2.24, 2.45) is 12.0 Å². The van der Waals surface area contributed by atoms with Crippen LogP contribution < -0.4 is 14.3 Å². The van der Waals surface area contributed by atoms with Gasteiger partial charge in [0.2, 0.25) is 0 Å². The molecule has 9 heteroatoms. The van der Waals surface area contributed by atoms with Crippen molar-refractivity contribution in [1.82, 2.24) is 4.57 Å². The van der Waals surface area contributed by atoms with Crippen molar-refractivity contribution in [1.29, 1.82) is 0 Å². The van der Waals surface area contributed by atoms with Gasteiger partial charge in [0.25, 0.3) is 11.6 Å². The van der Waals surface area contributed by atoms with Gasteiger partial charge in [0.05, 0.1) is 29.7 Å². The van der Waals surface area contributed by atoms with Gasteiger partial charge in [0.1, 0.15) is 11.5 Å². The number of ether oxygens (including phenoxy) is 2. The summed E-state index contributed by atoms with van der Waals surface area (Å²) in [6, 6.07) is 20.7. The Bertz CT molecular complexity index is 1400. The Morgan fingerprint density at radius 2 is 1.41 bits per heavy atom. The van der Waals surface area contributed by atoms with Gasteiger partial charge in [-0.15, -0.1) is 0 Å². The van der Waals surface area contributed by atoms with Crippen LogP contribution in [-0.2, 0) is 7.05 Å². The van der Waals surface area contributed by atoms with Crippen LogP contribution in [0.3, 0.4) is 0 Å². The molecule has 0 aliphatic carbocycles. The molecule has 0 aliphatic rings. The fourth-order valence-electron chi connectivity index (χ4n) is 3.44. The van der Waals surface area contributed by atoms with Gasteiger partial charge in [-0.1, -0.05) is 11.3 Å². The van der Waals surface area contributed by atoms with E-state index in [0.717, 1.165) is 33.2 Å². The summed E-state index contributed by atoms with van der Waals surface area (Å²) in [5.41, 5.74) is 2.98. The minimum atomic E-state index is -0.507. The van der Waals surface area contributed by atoms with Gasteiger partial charge in [-0.3, -0.25) is 14.9 Å². The molecule has 0 saturated heterocycles. The molecule has 172 valence electrons. The van der Waals surface area contributed by atoms with Crippen molar-refractivity contribution in [2.45, 2.75) is 0 Å². The topological polar surface area (TPSA) is 96.0 Å². The molecule has 1 aromatic heterocycles. The third kappa shape index (κ3) is 4.60. The summed E-state index contributed by atoms with van der Waals surface area (Å²) < 4.78 is 12.4. The quantitative estimate of drug-likeness (QED) is 0.286. The highest BCUT2D eigenvalue weighted by atomic mass is 32.1. The summed E-state index contributed by atoms with van der Waals surface area (Å²) in [5.74, 6) is 1.01. The van der Waals surface area contributed by atoms with Crippen LogP contribution in [-0.4, -0.2) is 29.6 Å². The lowest BCUT2D eigenvalue weighted by molar-refractivity contribution is -0.384. The van der Waals surface area contributed by atoms with Crippen LogP contribution >= 0.6 is 11.3 Å². The molecule has 1 amide bonds. The largest absolute Gasteiger partial charge is 0.497 e. The van der Waals surface area contributed by atoms with Gasteiger partial charge >= 0.3 is 0 Å². The maximum Gasteiger partial charge on any atom is 0.279 e. The number of thiazole rings is 1. The lowest BCUT2D eigenvalue weighted by Gasteiger charge is -2.09. The predicted octanol–water partition coefficient (Wildman–Crippen LogP) is 5.09. The molecule has 34 heavy (non-hydrogen) atoms. The second-order valence-corrected chi connectivity index (χ2v) is 8.28. The summed E-state index contributed by atoms with van der Waals surface area (Å²) in [6.07, 6.45) is 0. The number of hydrogen-bond donors (Lipinski definition) is 0. The summed E-state index contributed by atoms with van der Waals surface area (Å²) in [4.78, 5) is 29.0. The Morgan fingerprint density at radius 3 is 1.91 bits per heavy atom. The van der Waals surface area contributed by atoms with Gasteiger partial charge in [0.15, 0.2) is 4.80 Å². The second-order valence-electron chi connectivity index (χ2n) is 7.30. The lowest BCUT2D eigenvalue weighted by atomic mass is 10.1. The van der Waals surface area contributed by atoms with E-state index < -0.39 is 10.8 Å². The molecule has 0 unspecified atom stereocenters. The highest BCUT2D eigenvalue weighted by Crippen LogP contribution is 2.35. The number of methoxy groups -OCH3 is 2. The second kappa shape index (κ2) is 9.72. The van der Waals surface area contributed by atoms with E-state index in [4.69, 9.17) is 9.47 Å². The van der Waals surface area contributed by atoms with E-state index in [2.05, 4.69) is 4.99 Å². The fourth-order valence-corrected chi connectivity index (χ4v) is 4.59. The smallest absolute Gasteiger partial charge is 0.279 e. The maximum absolute atomic E-state index is 12.8. The molecule has 0 N–H and O–H groups in total. The fraction of sp³-hybridized carbons (Fsp3) is 0.120. The number of benzene rings is 3. The minimum Gasteiger partial charge on any atom is -0.497 e. The average Bonchev–Trinajstić information content (AvgIpc) is 3.19. The molecule has 0 fully saturated rings. The van der Waals surface area contributed by atoms with E-state index in [9.17, 15) is 14.9 Å². The van der Waals surface area contributed by atoms with Crippen molar-refractivity contribution in [3.8, 4) is 33.2 Å². The van der Waals surface area contributed by atoms with Crippen LogP contribution in [0.15, 0.2) is 77.8 Å². The van der Waals surface area contributed by atoms with Crippen LogP contribution in [0, 0.1) is 10.1 Å². The van der Waals surface area contributed by atoms with Gasteiger partial charge in [-0.25, -0.2) is 0 Å². The molecular weight excluding hydrogens is 454 g/mol. The van der Waals surface area contributed by atoms with Crippen molar-refractivity contribution in [3.63, 3.8) is 0 Å². The Morgan fingerprint density at radius 1 is 0.882 bits per heavy atom. The molecule has 0 aliphatic heterocycles. The number of amides is 1. The predicted molar refractivity (Wildman–Crippen MR) is 130 cm³/mol. The number of nitro benzene ring substituents is 1. The van der Waals surface area contributed by atoms with Gasteiger partial charge in [-0.05, 0) is 71.8 Å². The molecule has 0 spiro atoms. The molecule has 0 saturated carbocycles. The number of non-ortho nitro benzene ring substituents is 1. The first-order valence-corrected chi connectivity index (χ1v) is 11.0. The van der Waals surface area contributed by atoms with E-state index in [0.29, 0.717) is 4.80 Å². The number of rotatable bonds is 6. The summed E-state index contributed by atoms with van der Waals surface area (Å²) >= 11 is 1.38. The summed E-state index contributed by atoms with van der Waals surface area (Å²) in [5, 5.41) is 10.9. The van der Waals surface area contributed by atoms with Crippen LogP contribution in [0.1, 0.15) is 10.4 Å².